The number of methoxy groups -OCH3 is 1. The molecule has 6 heteroatoms. The minimum atomic E-state index is -3.33. The molecule has 0 radical (unpaired) electrons. The average molecular weight is 248 g/mol. The maximum absolute atomic E-state index is 11.9. The van der Waals surface area contributed by atoms with Gasteiger partial charge in [-0.25, -0.2) is 12.7 Å². The number of sulfonamides is 1. The SMILES string of the molecule is CCN(C[C@H](C)C#N)S(=O)(=O)C[C@@H](C)OC. The number of ether oxygens (including phenoxy) is 1. The molecule has 0 bridgehead atoms. The summed E-state index contributed by atoms with van der Waals surface area (Å²) in [6, 6.07) is 2.03. The molecular weight excluding hydrogens is 228 g/mol. The molecule has 0 amide bonds. The van der Waals surface area contributed by atoms with Gasteiger partial charge >= 0.3 is 0 Å². The molecule has 0 fully saturated rings. The molecule has 2 atom stereocenters. The summed E-state index contributed by atoms with van der Waals surface area (Å²) in [5.41, 5.74) is 0. The molecule has 0 unspecified atom stereocenters. The first-order valence-electron chi connectivity index (χ1n) is 5.27. The van der Waals surface area contributed by atoms with Gasteiger partial charge in [-0.05, 0) is 13.8 Å². The third-order valence-corrected chi connectivity index (χ3v) is 4.38. The van der Waals surface area contributed by atoms with E-state index in [4.69, 9.17) is 10.00 Å². The second-order valence-electron chi connectivity index (χ2n) is 3.81. The summed E-state index contributed by atoms with van der Waals surface area (Å²) in [5.74, 6) is -0.345. The molecule has 0 aliphatic rings. The molecule has 0 aliphatic heterocycles. The van der Waals surface area contributed by atoms with E-state index in [-0.39, 0.29) is 24.3 Å². The van der Waals surface area contributed by atoms with Crippen LogP contribution in [0.5, 0.6) is 0 Å². The Balaban J connectivity index is 4.63. The predicted octanol–water partition coefficient (Wildman–Crippen LogP) is 0.833. The maximum Gasteiger partial charge on any atom is 0.216 e. The third-order valence-electron chi connectivity index (χ3n) is 2.29. The van der Waals surface area contributed by atoms with E-state index in [1.165, 1.54) is 11.4 Å². The van der Waals surface area contributed by atoms with Crippen molar-refractivity contribution in [2.45, 2.75) is 26.9 Å². The van der Waals surface area contributed by atoms with Crippen molar-refractivity contribution in [3.8, 4) is 6.07 Å². The van der Waals surface area contributed by atoms with Crippen LogP contribution in [0.4, 0.5) is 0 Å². The lowest BCUT2D eigenvalue weighted by atomic mass is 10.2. The molecule has 0 N–H and O–H groups in total. The molecule has 5 nitrogen and oxygen atoms in total. The molecule has 0 aromatic heterocycles. The van der Waals surface area contributed by atoms with Crippen LogP contribution in [0.25, 0.3) is 0 Å². The molecule has 0 aliphatic carbocycles. The number of nitriles is 1. The highest BCUT2D eigenvalue weighted by Crippen LogP contribution is 2.08. The lowest BCUT2D eigenvalue weighted by Crippen LogP contribution is -2.38. The van der Waals surface area contributed by atoms with Crippen molar-refractivity contribution in [3.63, 3.8) is 0 Å². The van der Waals surface area contributed by atoms with Gasteiger partial charge in [0, 0.05) is 20.2 Å². The quantitative estimate of drug-likeness (QED) is 0.669. The monoisotopic (exact) mass is 248 g/mol. The fraction of sp³-hybridized carbons (Fsp3) is 0.900. The van der Waals surface area contributed by atoms with Crippen LogP contribution in [-0.4, -0.2) is 44.8 Å². The highest BCUT2D eigenvalue weighted by Gasteiger charge is 2.24. The zero-order valence-electron chi connectivity index (χ0n) is 10.3. The standard InChI is InChI=1S/C10H20N2O3S/c1-5-12(7-9(2)6-11)16(13,14)8-10(3)15-4/h9-10H,5,7-8H2,1-4H3/t9-,10-/m1/s1. The first-order valence-corrected chi connectivity index (χ1v) is 6.88. The number of rotatable bonds is 7. The van der Waals surface area contributed by atoms with Crippen molar-refractivity contribution in [1.82, 2.24) is 4.31 Å². The van der Waals surface area contributed by atoms with Crippen LogP contribution < -0.4 is 0 Å². The summed E-state index contributed by atoms with van der Waals surface area (Å²) in [5, 5.41) is 8.68. The van der Waals surface area contributed by atoms with Gasteiger partial charge in [0.25, 0.3) is 0 Å². The van der Waals surface area contributed by atoms with E-state index in [2.05, 4.69) is 0 Å². The Kier molecular flexibility index (Phi) is 6.56. The first kappa shape index (κ1) is 15.4. The first-order chi connectivity index (χ1) is 7.37. The van der Waals surface area contributed by atoms with E-state index < -0.39 is 10.0 Å². The molecular formula is C10H20N2O3S. The molecule has 0 saturated carbocycles. The zero-order valence-corrected chi connectivity index (χ0v) is 11.1. The Bertz CT molecular complexity index is 334. The second kappa shape index (κ2) is 6.84. The summed E-state index contributed by atoms with van der Waals surface area (Å²) in [7, 11) is -1.85. The van der Waals surface area contributed by atoms with Crippen molar-refractivity contribution < 1.29 is 13.2 Å². The molecule has 94 valence electrons. The van der Waals surface area contributed by atoms with E-state index >= 15 is 0 Å². The van der Waals surface area contributed by atoms with Crippen molar-refractivity contribution in [2.24, 2.45) is 5.92 Å². The van der Waals surface area contributed by atoms with Gasteiger partial charge in [-0.2, -0.15) is 5.26 Å². The minimum absolute atomic E-state index is 0.0461. The van der Waals surface area contributed by atoms with E-state index in [0.717, 1.165) is 0 Å². The van der Waals surface area contributed by atoms with Crippen LogP contribution in [0.3, 0.4) is 0 Å². The van der Waals surface area contributed by atoms with Crippen molar-refractivity contribution >= 4 is 10.0 Å². The van der Waals surface area contributed by atoms with Crippen LogP contribution in [0.2, 0.25) is 0 Å². The van der Waals surface area contributed by atoms with Gasteiger partial charge in [-0.3, -0.25) is 0 Å². The Hall–Kier alpha value is -0.640. The average Bonchev–Trinajstić information content (AvgIpc) is 2.24. The minimum Gasteiger partial charge on any atom is -0.381 e. The normalized spacial score (nSPS) is 15.8. The second-order valence-corrected chi connectivity index (χ2v) is 5.82. The van der Waals surface area contributed by atoms with Crippen LogP contribution in [0, 0.1) is 17.2 Å². The Morgan fingerprint density at radius 2 is 2.00 bits per heavy atom. The van der Waals surface area contributed by atoms with Gasteiger partial charge in [-0.1, -0.05) is 6.92 Å². The van der Waals surface area contributed by atoms with Crippen LogP contribution in [0.1, 0.15) is 20.8 Å². The summed E-state index contributed by atoms with van der Waals surface area (Å²) < 4.78 is 30.1. The van der Waals surface area contributed by atoms with Crippen LogP contribution >= 0.6 is 0 Å². The fourth-order valence-corrected chi connectivity index (χ4v) is 3.04. The lowest BCUT2D eigenvalue weighted by Gasteiger charge is -2.22. The van der Waals surface area contributed by atoms with E-state index in [1.807, 2.05) is 6.07 Å². The van der Waals surface area contributed by atoms with Crippen molar-refractivity contribution in [3.05, 3.63) is 0 Å². The lowest BCUT2D eigenvalue weighted by molar-refractivity contribution is 0.135. The van der Waals surface area contributed by atoms with Gasteiger partial charge in [0.1, 0.15) is 0 Å². The summed E-state index contributed by atoms with van der Waals surface area (Å²) in [6.45, 7) is 5.80. The van der Waals surface area contributed by atoms with Crippen LogP contribution in [0.15, 0.2) is 0 Å². The van der Waals surface area contributed by atoms with Crippen molar-refractivity contribution in [2.75, 3.05) is 26.0 Å². The summed E-state index contributed by atoms with van der Waals surface area (Å²) in [4.78, 5) is 0. The highest BCUT2D eigenvalue weighted by molar-refractivity contribution is 7.89. The summed E-state index contributed by atoms with van der Waals surface area (Å²) in [6.07, 6.45) is -0.337. The number of hydrogen-bond acceptors (Lipinski definition) is 4. The van der Waals surface area contributed by atoms with Crippen molar-refractivity contribution in [1.29, 1.82) is 5.26 Å². The fourth-order valence-electron chi connectivity index (χ4n) is 1.26. The molecule has 0 aromatic carbocycles. The molecule has 16 heavy (non-hydrogen) atoms. The van der Waals surface area contributed by atoms with E-state index in [0.29, 0.717) is 6.54 Å². The number of hydrogen-bond donors (Lipinski definition) is 0. The molecule has 0 heterocycles. The van der Waals surface area contributed by atoms with Crippen LogP contribution in [-0.2, 0) is 14.8 Å². The predicted molar refractivity (Wildman–Crippen MR) is 62.3 cm³/mol. The van der Waals surface area contributed by atoms with E-state index in [9.17, 15) is 8.42 Å². The maximum atomic E-state index is 11.9. The topological polar surface area (TPSA) is 70.4 Å². The van der Waals surface area contributed by atoms with E-state index in [1.54, 1.807) is 20.8 Å². The zero-order chi connectivity index (χ0) is 12.8. The molecule has 0 saturated heterocycles. The highest BCUT2D eigenvalue weighted by atomic mass is 32.2. The largest absolute Gasteiger partial charge is 0.381 e. The summed E-state index contributed by atoms with van der Waals surface area (Å²) >= 11 is 0. The smallest absolute Gasteiger partial charge is 0.216 e. The van der Waals surface area contributed by atoms with Gasteiger partial charge in [-0.15, -0.1) is 0 Å². The molecule has 0 aromatic rings. The van der Waals surface area contributed by atoms with Gasteiger partial charge < -0.3 is 4.74 Å². The Morgan fingerprint density at radius 3 is 2.38 bits per heavy atom. The number of nitrogens with zero attached hydrogens (tertiary/aromatic N) is 2. The van der Waals surface area contributed by atoms with Gasteiger partial charge in [0.2, 0.25) is 10.0 Å². The third kappa shape index (κ3) is 4.92. The Labute approximate surface area is 98.1 Å². The molecule has 0 spiro atoms. The molecule has 0 rings (SSSR count). The van der Waals surface area contributed by atoms with Gasteiger partial charge in [0.05, 0.1) is 23.8 Å². The Morgan fingerprint density at radius 1 is 1.44 bits per heavy atom. The van der Waals surface area contributed by atoms with Gasteiger partial charge in [0.15, 0.2) is 0 Å².